The molecule has 2 unspecified atom stereocenters. The van der Waals surface area contributed by atoms with Crippen LogP contribution in [-0.4, -0.2) is 16.9 Å². The largest absolute Gasteiger partial charge is 0.349 e. The number of carbonyl (C=O) groups is 1. The van der Waals surface area contributed by atoms with Crippen molar-refractivity contribution < 1.29 is 4.79 Å². The molecule has 1 heterocycles. The Bertz CT molecular complexity index is 368. The minimum atomic E-state index is -0.161. The van der Waals surface area contributed by atoms with E-state index in [1.165, 1.54) is 0 Å². The Hall–Kier alpha value is -1.09. The van der Waals surface area contributed by atoms with Gasteiger partial charge in [0.15, 0.2) is 0 Å². The second kappa shape index (κ2) is 5.85. The van der Waals surface area contributed by atoms with Crippen LogP contribution in [0.25, 0.3) is 0 Å². The average molecular weight is 241 g/mol. The van der Waals surface area contributed by atoms with Crippen molar-refractivity contribution in [1.82, 2.24) is 10.3 Å². The molecule has 0 saturated heterocycles. The molecular formula is C12H17ClN2O. The van der Waals surface area contributed by atoms with Gasteiger partial charge in [-0.3, -0.25) is 4.79 Å². The number of pyridine rings is 1. The van der Waals surface area contributed by atoms with Crippen molar-refractivity contribution in [1.29, 1.82) is 0 Å². The van der Waals surface area contributed by atoms with Gasteiger partial charge in [-0.15, -0.1) is 0 Å². The third kappa shape index (κ3) is 3.20. The number of aromatic nitrogens is 1. The molecule has 0 aliphatic rings. The molecule has 0 saturated carbocycles. The topological polar surface area (TPSA) is 42.0 Å². The van der Waals surface area contributed by atoms with Crippen LogP contribution >= 0.6 is 11.6 Å². The molecule has 0 spiro atoms. The first-order valence-electron chi connectivity index (χ1n) is 5.47. The first-order chi connectivity index (χ1) is 7.56. The van der Waals surface area contributed by atoms with E-state index in [1.807, 2.05) is 6.92 Å². The van der Waals surface area contributed by atoms with Crippen LogP contribution < -0.4 is 5.32 Å². The molecule has 1 rings (SSSR count). The highest BCUT2D eigenvalue weighted by Crippen LogP contribution is 2.13. The second-order valence-corrected chi connectivity index (χ2v) is 4.35. The minimum absolute atomic E-state index is 0.133. The van der Waals surface area contributed by atoms with Gasteiger partial charge >= 0.3 is 0 Å². The zero-order chi connectivity index (χ0) is 12.1. The minimum Gasteiger partial charge on any atom is -0.349 e. The van der Waals surface area contributed by atoms with E-state index in [-0.39, 0.29) is 17.1 Å². The summed E-state index contributed by atoms with van der Waals surface area (Å²) in [5, 5.41) is 3.17. The number of halogens is 1. The van der Waals surface area contributed by atoms with E-state index in [9.17, 15) is 4.79 Å². The lowest BCUT2D eigenvalue weighted by atomic mass is 10.0. The molecule has 4 heteroatoms. The van der Waals surface area contributed by atoms with Crippen LogP contribution in [0, 0.1) is 5.92 Å². The van der Waals surface area contributed by atoms with Crippen molar-refractivity contribution >= 4 is 17.5 Å². The number of carbonyl (C=O) groups excluding carboxylic acids is 1. The van der Waals surface area contributed by atoms with Gasteiger partial charge in [-0.1, -0.05) is 31.9 Å². The van der Waals surface area contributed by atoms with E-state index in [0.717, 1.165) is 6.42 Å². The summed E-state index contributed by atoms with van der Waals surface area (Å²) in [6.45, 7) is 6.20. The summed E-state index contributed by atoms with van der Waals surface area (Å²) in [7, 11) is 0. The molecule has 0 aliphatic heterocycles. The van der Waals surface area contributed by atoms with Crippen LogP contribution in [0.1, 0.15) is 37.6 Å². The van der Waals surface area contributed by atoms with Gasteiger partial charge in [0.2, 0.25) is 0 Å². The molecule has 0 fully saturated rings. The fraction of sp³-hybridized carbons (Fsp3) is 0.500. The van der Waals surface area contributed by atoms with Gasteiger partial charge in [-0.25, -0.2) is 4.98 Å². The van der Waals surface area contributed by atoms with E-state index in [0.29, 0.717) is 11.5 Å². The second-order valence-electron chi connectivity index (χ2n) is 3.99. The maximum Gasteiger partial charge on any atom is 0.254 e. The molecule has 16 heavy (non-hydrogen) atoms. The third-order valence-electron chi connectivity index (χ3n) is 2.86. The van der Waals surface area contributed by atoms with Crippen molar-refractivity contribution in [2.24, 2.45) is 5.92 Å². The van der Waals surface area contributed by atoms with E-state index in [1.54, 1.807) is 18.3 Å². The van der Waals surface area contributed by atoms with Gasteiger partial charge in [0.05, 0.1) is 5.56 Å². The fourth-order valence-electron chi connectivity index (χ4n) is 1.34. The van der Waals surface area contributed by atoms with E-state index >= 15 is 0 Å². The number of hydrogen-bond acceptors (Lipinski definition) is 2. The SMILES string of the molecule is CCC(C)C(C)NC(=O)c1cccnc1Cl. The predicted molar refractivity (Wildman–Crippen MR) is 65.6 cm³/mol. The molecule has 1 N–H and O–H groups in total. The monoisotopic (exact) mass is 240 g/mol. The summed E-state index contributed by atoms with van der Waals surface area (Å²) >= 11 is 5.84. The summed E-state index contributed by atoms with van der Waals surface area (Å²) in [6, 6.07) is 3.51. The fourth-order valence-corrected chi connectivity index (χ4v) is 1.54. The van der Waals surface area contributed by atoms with Crippen molar-refractivity contribution in [3.8, 4) is 0 Å². The number of nitrogens with zero attached hydrogens (tertiary/aromatic N) is 1. The molecule has 3 nitrogen and oxygen atoms in total. The van der Waals surface area contributed by atoms with E-state index in [4.69, 9.17) is 11.6 Å². The molecule has 0 aromatic carbocycles. The summed E-state index contributed by atoms with van der Waals surface area (Å²) in [5.41, 5.74) is 0.430. The van der Waals surface area contributed by atoms with Crippen LogP contribution in [0.2, 0.25) is 5.15 Å². The predicted octanol–water partition coefficient (Wildman–Crippen LogP) is 2.90. The van der Waals surface area contributed by atoms with Crippen LogP contribution in [0.5, 0.6) is 0 Å². The number of amides is 1. The lowest BCUT2D eigenvalue weighted by molar-refractivity contribution is 0.0928. The zero-order valence-corrected chi connectivity index (χ0v) is 10.6. The van der Waals surface area contributed by atoms with Gasteiger partial charge in [-0.2, -0.15) is 0 Å². The Balaban J connectivity index is 2.70. The van der Waals surface area contributed by atoms with Gasteiger partial charge < -0.3 is 5.32 Å². The molecule has 1 aromatic heterocycles. The van der Waals surface area contributed by atoms with Crippen LogP contribution in [0.4, 0.5) is 0 Å². The average Bonchev–Trinajstić information content (AvgIpc) is 2.28. The highest BCUT2D eigenvalue weighted by molar-refractivity contribution is 6.32. The Morgan fingerprint density at radius 2 is 2.25 bits per heavy atom. The quantitative estimate of drug-likeness (QED) is 0.823. The van der Waals surface area contributed by atoms with Crippen LogP contribution in [0.3, 0.4) is 0 Å². The van der Waals surface area contributed by atoms with Crippen molar-refractivity contribution in [2.75, 3.05) is 0 Å². The lowest BCUT2D eigenvalue weighted by Crippen LogP contribution is -2.37. The third-order valence-corrected chi connectivity index (χ3v) is 3.16. The number of hydrogen-bond donors (Lipinski definition) is 1. The number of nitrogens with one attached hydrogen (secondary N) is 1. The van der Waals surface area contributed by atoms with Gasteiger partial charge in [0.1, 0.15) is 5.15 Å². The summed E-state index contributed by atoms with van der Waals surface area (Å²) < 4.78 is 0. The van der Waals surface area contributed by atoms with Crippen molar-refractivity contribution in [3.63, 3.8) is 0 Å². The maximum atomic E-state index is 11.9. The summed E-state index contributed by atoms with van der Waals surface area (Å²) in [6.07, 6.45) is 2.60. The Morgan fingerprint density at radius 1 is 1.56 bits per heavy atom. The number of rotatable bonds is 4. The molecule has 1 aromatic rings. The first kappa shape index (κ1) is 13.0. The Labute approximate surface area is 101 Å². The molecular weight excluding hydrogens is 224 g/mol. The molecule has 2 atom stereocenters. The van der Waals surface area contributed by atoms with Crippen molar-refractivity contribution in [3.05, 3.63) is 29.0 Å². The highest BCUT2D eigenvalue weighted by Gasteiger charge is 2.16. The smallest absolute Gasteiger partial charge is 0.254 e. The summed E-state index contributed by atoms with van der Waals surface area (Å²) in [5.74, 6) is 0.283. The van der Waals surface area contributed by atoms with Gasteiger partial charge in [0.25, 0.3) is 5.91 Å². The molecule has 1 amide bonds. The van der Waals surface area contributed by atoms with Crippen molar-refractivity contribution in [2.45, 2.75) is 33.2 Å². The lowest BCUT2D eigenvalue weighted by Gasteiger charge is -2.19. The van der Waals surface area contributed by atoms with Gasteiger partial charge in [-0.05, 0) is 25.0 Å². The maximum absolute atomic E-state index is 11.9. The first-order valence-corrected chi connectivity index (χ1v) is 5.85. The van der Waals surface area contributed by atoms with E-state index in [2.05, 4.69) is 24.1 Å². The van der Waals surface area contributed by atoms with E-state index < -0.39 is 0 Å². The van der Waals surface area contributed by atoms with Gasteiger partial charge in [0, 0.05) is 12.2 Å². The van der Waals surface area contributed by atoms with Crippen LogP contribution in [-0.2, 0) is 0 Å². The summed E-state index contributed by atoms with van der Waals surface area (Å²) in [4.78, 5) is 15.7. The Morgan fingerprint density at radius 3 is 2.81 bits per heavy atom. The highest BCUT2D eigenvalue weighted by atomic mass is 35.5. The normalized spacial score (nSPS) is 14.2. The molecule has 0 aliphatic carbocycles. The zero-order valence-electron chi connectivity index (χ0n) is 9.83. The molecule has 0 radical (unpaired) electrons. The molecule has 88 valence electrons. The molecule has 0 bridgehead atoms. The Kier molecular flexibility index (Phi) is 4.74. The van der Waals surface area contributed by atoms with Crippen LogP contribution in [0.15, 0.2) is 18.3 Å². The standard InChI is InChI=1S/C12H17ClN2O/c1-4-8(2)9(3)15-12(16)10-6-5-7-14-11(10)13/h5-9H,4H2,1-3H3,(H,15,16).